The molecule has 0 unspecified atom stereocenters. The molecule has 0 aromatic carbocycles. The summed E-state index contributed by atoms with van der Waals surface area (Å²) in [7, 11) is 1.83. The van der Waals surface area contributed by atoms with Crippen molar-refractivity contribution in [2.45, 2.75) is 0 Å². The molecule has 0 heterocycles. The number of hydrogen-bond acceptors (Lipinski definition) is 3. The molecule has 1 nitrogen and oxygen atoms in total. The first-order valence-corrected chi connectivity index (χ1v) is 2.53. The van der Waals surface area contributed by atoms with E-state index in [0.717, 1.165) is 0 Å². The summed E-state index contributed by atoms with van der Waals surface area (Å²) in [4.78, 5) is 0. The summed E-state index contributed by atoms with van der Waals surface area (Å²) < 4.78 is 4.34. The fourth-order valence-electron chi connectivity index (χ4n) is 0.0481. The first-order chi connectivity index (χ1) is 2.41. The summed E-state index contributed by atoms with van der Waals surface area (Å²) >= 11 is 5.83. The van der Waals surface area contributed by atoms with Crippen LogP contribution in [0.2, 0.25) is 0 Å². The Morgan fingerprint density at radius 2 is 2.33 bits per heavy atom. The van der Waals surface area contributed by atoms with E-state index in [1.807, 2.05) is 7.05 Å². The van der Waals surface area contributed by atoms with E-state index in [1.165, 1.54) is 11.9 Å². The smallest absolute Gasteiger partial charge is 0.0497 e. The Kier molecular flexibility index (Phi) is 16.7. The topological polar surface area (TPSA) is 12.0 Å². The van der Waals surface area contributed by atoms with Crippen molar-refractivity contribution in [3.05, 3.63) is 0 Å². The van der Waals surface area contributed by atoms with Crippen molar-refractivity contribution in [3.63, 3.8) is 0 Å². The molecule has 0 bridgehead atoms. The van der Waals surface area contributed by atoms with Crippen molar-refractivity contribution < 1.29 is 0 Å². The van der Waals surface area contributed by atoms with Crippen LogP contribution in [0.4, 0.5) is 0 Å². The zero-order chi connectivity index (χ0) is 4.12. The van der Waals surface area contributed by atoms with Crippen LogP contribution in [-0.4, -0.2) is 41.3 Å². The zero-order valence-electron chi connectivity index (χ0n) is 3.89. The van der Waals surface area contributed by atoms with E-state index in [4.69, 9.17) is 0 Å². The summed E-state index contributed by atoms with van der Waals surface area (Å²) in [5.41, 5.74) is 0. The fraction of sp³-hybridized carbons (Fsp3) is 0.500. The predicted molar refractivity (Wildman–Crippen MR) is 36.1 cm³/mol. The van der Waals surface area contributed by atoms with Crippen LogP contribution in [0.3, 0.4) is 0 Å². The van der Waals surface area contributed by atoms with Gasteiger partial charge in [-0.1, -0.05) is 12.2 Å². The van der Waals surface area contributed by atoms with E-state index in [0.29, 0.717) is 0 Å². The van der Waals surface area contributed by atoms with Gasteiger partial charge in [0.1, 0.15) is 0 Å². The second-order valence-electron chi connectivity index (χ2n) is 0.418. The van der Waals surface area contributed by atoms with Gasteiger partial charge in [-0.2, -0.15) is 0 Å². The van der Waals surface area contributed by atoms with Crippen molar-refractivity contribution in [1.82, 2.24) is 4.72 Å². The number of hydrogen-bond donors (Lipinski definition) is 1. The minimum Gasteiger partial charge on any atom is -0.263 e. The molecular weight excluding hydrogens is 125 g/mol. The summed E-state index contributed by atoms with van der Waals surface area (Å²) in [6, 6.07) is 0. The van der Waals surface area contributed by atoms with Crippen molar-refractivity contribution >= 4 is 58.4 Å². The molecule has 31 valence electrons. The van der Waals surface area contributed by atoms with E-state index in [9.17, 15) is 0 Å². The molecule has 0 rings (SSSR count). The van der Waals surface area contributed by atoms with Gasteiger partial charge in [-0.05, 0) is 19.0 Å². The van der Waals surface area contributed by atoms with Gasteiger partial charge in [0.05, 0.1) is 0 Å². The molecular formula is C2H5NNaS2. The molecule has 0 aromatic heterocycles. The molecule has 1 radical (unpaired) electrons. The molecule has 0 atom stereocenters. The first-order valence-electron chi connectivity index (χ1n) is 1.18. The minimum absolute atomic E-state index is 0. The minimum atomic E-state index is 0. The van der Waals surface area contributed by atoms with Crippen molar-refractivity contribution in [2.24, 2.45) is 0 Å². The largest absolute Gasteiger partial charge is 0.263 e. The van der Waals surface area contributed by atoms with E-state index in [-0.39, 0.29) is 29.6 Å². The van der Waals surface area contributed by atoms with Crippen LogP contribution in [-0.2, 0) is 0 Å². The second-order valence-corrected chi connectivity index (χ2v) is 1.83. The number of thiocarbonyl (C=S) groups is 1. The summed E-state index contributed by atoms with van der Waals surface area (Å²) in [5.74, 6) is 0. The summed E-state index contributed by atoms with van der Waals surface area (Å²) in [5, 5.41) is 0. The molecule has 1 N–H and O–H groups in total. The molecule has 0 amide bonds. The van der Waals surface area contributed by atoms with E-state index < -0.39 is 0 Å². The summed E-state index contributed by atoms with van der Waals surface area (Å²) in [6.45, 7) is 0. The van der Waals surface area contributed by atoms with Crippen molar-refractivity contribution in [1.29, 1.82) is 0 Å². The van der Waals surface area contributed by atoms with Crippen LogP contribution in [0.5, 0.6) is 0 Å². The maximum absolute atomic E-state index is 4.43. The van der Waals surface area contributed by atoms with Crippen LogP contribution in [0.25, 0.3) is 0 Å². The van der Waals surface area contributed by atoms with Gasteiger partial charge in [-0.25, -0.2) is 0 Å². The maximum atomic E-state index is 4.43. The van der Waals surface area contributed by atoms with Gasteiger partial charge in [0.25, 0.3) is 0 Å². The van der Waals surface area contributed by atoms with Crippen LogP contribution < -0.4 is 4.72 Å². The standard InChI is InChI=1S/C2H5NS2.Na/c1-3-5-2-4;/h2-3H,1H3;. The molecule has 0 saturated heterocycles. The Balaban J connectivity index is 0. The fourth-order valence-corrected chi connectivity index (χ4v) is 0.433. The molecule has 0 aliphatic carbocycles. The Labute approximate surface area is 69.7 Å². The van der Waals surface area contributed by atoms with Gasteiger partial charge < -0.3 is 0 Å². The average molecular weight is 130 g/mol. The molecule has 6 heavy (non-hydrogen) atoms. The Morgan fingerprint density at radius 1 is 1.83 bits per heavy atom. The Bertz CT molecular complexity index is 32.7. The van der Waals surface area contributed by atoms with Gasteiger partial charge in [0.2, 0.25) is 0 Å². The van der Waals surface area contributed by atoms with Gasteiger partial charge in [0, 0.05) is 34.3 Å². The SMILES string of the molecule is CNSC=S.[Na]. The van der Waals surface area contributed by atoms with Crippen LogP contribution in [0.1, 0.15) is 0 Å². The van der Waals surface area contributed by atoms with Crippen molar-refractivity contribution in [3.8, 4) is 0 Å². The van der Waals surface area contributed by atoms with E-state index >= 15 is 0 Å². The maximum Gasteiger partial charge on any atom is 0.0497 e. The number of nitrogens with one attached hydrogen (secondary N) is 1. The molecule has 0 fully saturated rings. The van der Waals surface area contributed by atoms with Crippen LogP contribution in [0.15, 0.2) is 0 Å². The molecule has 0 saturated carbocycles. The second kappa shape index (κ2) is 9.64. The average Bonchev–Trinajstić information content (AvgIpc) is 1.41. The predicted octanol–water partition coefficient (Wildman–Crippen LogP) is 0.430. The molecule has 0 aliphatic heterocycles. The van der Waals surface area contributed by atoms with Crippen LogP contribution >= 0.6 is 24.2 Å². The third-order valence-corrected chi connectivity index (χ3v) is 0.787. The van der Waals surface area contributed by atoms with Gasteiger partial charge in [-0.15, -0.1) is 0 Å². The molecule has 0 aromatic rings. The molecule has 4 heteroatoms. The number of rotatable bonds is 2. The monoisotopic (exact) mass is 130 g/mol. The van der Waals surface area contributed by atoms with E-state index in [1.54, 1.807) is 4.70 Å². The normalized spacial score (nSPS) is 6.17. The van der Waals surface area contributed by atoms with Crippen LogP contribution in [0, 0.1) is 0 Å². The zero-order valence-corrected chi connectivity index (χ0v) is 7.53. The van der Waals surface area contributed by atoms with Gasteiger partial charge in [0.15, 0.2) is 0 Å². The Morgan fingerprint density at radius 3 is 2.33 bits per heavy atom. The third kappa shape index (κ3) is 9.04. The van der Waals surface area contributed by atoms with Crippen molar-refractivity contribution in [2.75, 3.05) is 7.05 Å². The van der Waals surface area contributed by atoms with Gasteiger partial charge in [-0.3, -0.25) is 4.72 Å². The molecule has 0 spiro atoms. The van der Waals surface area contributed by atoms with E-state index in [2.05, 4.69) is 16.9 Å². The first kappa shape index (κ1) is 10.4. The quantitative estimate of drug-likeness (QED) is 0.331. The third-order valence-electron chi connectivity index (χ3n) is 0.166. The Hall–Kier alpha value is 1.40. The van der Waals surface area contributed by atoms with Gasteiger partial charge >= 0.3 is 0 Å². The summed E-state index contributed by atoms with van der Waals surface area (Å²) in [6.07, 6.45) is 0. The molecule has 0 aliphatic rings.